The van der Waals surface area contributed by atoms with Gasteiger partial charge in [-0.05, 0) is 52.9 Å². The number of azo groups is 1. The Hall–Kier alpha value is -0.940. The molecule has 0 aromatic heterocycles. The summed E-state index contributed by atoms with van der Waals surface area (Å²) in [4.78, 5) is 0. The average Bonchev–Trinajstić information content (AvgIpc) is 2.28. The van der Waals surface area contributed by atoms with Crippen LogP contribution in [0.1, 0.15) is 0 Å². The molecule has 0 aliphatic carbocycles. The lowest BCUT2D eigenvalue weighted by Gasteiger charge is -1.96. The Morgan fingerprint density at radius 3 is 2.50 bits per heavy atom. The van der Waals surface area contributed by atoms with Crippen molar-refractivity contribution < 1.29 is 0 Å². The van der Waals surface area contributed by atoms with Gasteiger partial charge < -0.3 is 0 Å². The molecule has 0 bridgehead atoms. The fourth-order valence-electron chi connectivity index (χ4n) is 1.18. The average molecular weight is 343 g/mol. The summed E-state index contributed by atoms with van der Waals surface area (Å²) in [5.74, 6) is 0. The SMILES string of the molecule is Clc1cccc(N=Nc2ccccc2I)c1. The normalized spacial score (nSPS) is 10.9. The first-order valence-electron chi connectivity index (χ1n) is 4.67. The van der Waals surface area contributed by atoms with E-state index in [-0.39, 0.29) is 0 Å². The summed E-state index contributed by atoms with van der Waals surface area (Å²) in [6.07, 6.45) is 0. The predicted molar refractivity (Wildman–Crippen MR) is 74.8 cm³/mol. The van der Waals surface area contributed by atoms with E-state index in [4.69, 9.17) is 11.6 Å². The van der Waals surface area contributed by atoms with E-state index in [1.165, 1.54) is 0 Å². The third kappa shape index (κ3) is 3.02. The largest absolute Gasteiger partial charge is 0.150 e. The summed E-state index contributed by atoms with van der Waals surface area (Å²) in [6.45, 7) is 0. The van der Waals surface area contributed by atoms with Crippen LogP contribution in [0, 0.1) is 3.57 Å². The van der Waals surface area contributed by atoms with Crippen LogP contribution < -0.4 is 0 Å². The molecule has 2 nitrogen and oxygen atoms in total. The Bertz CT molecular complexity index is 526. The molecule has 0 aliphatic heterocycles. The van der Waals surface area contributed by atoms with Crippen LogP contribution in [0.25, 0.3) is 0 Å². The number of benzene rings is 2. The lowest BCUT2D eigenvalue weighted by atomic mass is 10.3. The topological polar surface area (TPSA) is 24.7 Å². The number of rotatable bonds is 2. The van der Waals surface area contributed by atoms with E-state index in [2.05, 4.69) is 32.8 Å². The summed E-state index contributed by atoms with van der Waals surface area (Å²) in [6, 6.07) is 15.1. The van der Waals surface area contributed by atoms with Gasteiger partial charge in [0.25, 0.3) is 0 Å². The number of hydrogen-bond acceptors (Lipinski definition) is 2. The van der Waals surface area contributed by atoms with Gasteiger partial charge in [-0.25, -0.2) is 0 Å². The Morgan fingerprint density at radius 2 is 1.75 bits per heavy atom. The van der Waals surface area contributed by atoms with Crippen molar-refractivity contribution in [2.75, 3.05) is 0 Å². The quantitative estimate of drug-likeness (QED) is 0.518. The molecule has 0 aliphatic rings. The molecule has 2 rings (SSSR count). The van der Waals surface area contributed by atoms with Gasteiger partial charge in [-0.15, -0.1) is 5.11 Å². The molecule has 0 saturated heterocycles. The maximum atomic E-state index is 5.85. The maximum Gasteiger partial charge on any atom is 0.0990 e. The molecule has 0 amide bonds. The summed E-state index contributed by atoms with van der Waals surface area (Å²) < 4.78 is 1.07. The van der Waals surface area contributed by atoms with Crippen LogP contribution in [0.2, 0.25) is 5.02 Å². The van der Waals surface area contributed by atoms with Gasteiger partial charge in [-0.3, -0.25) is 0 Å². The van der Waals surface area contributed by atoms with Crippen molar-refractivity contribution >= 4 is 45.6 Å². The Balaban J connectivity index is 2.25. The molecular formula is C12H8ClIN2. The summed E-state index contributed by atoms with van der Waals surface area (Å²) in [5, 5.41) is 8.98. The molecule has 0 fully saturated rings. The minimum absolute atomic E-state index is 0.666. The summed E-state index contributed by atoms with van der Waals surface area (Å²) in [7, 11) is 0. The van der Waals surface area contributed by atoms with Crippen molar-refractivity contribution in [3.05, 3.63) is 57.1 Å². The fraction of sp³-hybridized carbons (Fsp3) is 0. The summed E-state index contributed by atoms with van der Waals surface area (Å²) in [5.41, 5.74) is 1.62. The Labute approximate surface area is 113 Å². The maximum absolute atomic E-state index is 5.85. The van der Waals surface area contributed by atoms with E-state index in [0.29, 0.717) is 5.02 Å². The summed E-state index contributed by atoms with van der Waals surface area (Å²) >= 11 is 8.08. The molecule has 16 heavy (non-hydrogen) atoms. The number of nitrogens with zero attached hydrogens (tertiary/aromatic N) is 2. The molecule has 0 unspecified atom stereocenters. The molecule has 80 valence electrons. The first-order chi connectivity index (χ1) is 7.75. The number of hydrogen-bond donors (Lipinski definition) is 0. The molecular weight excluding hydrogens is 335 g/mol. The van der Waals surface area contributed by atoms with Crippen LogP contribution in [-0.2, 0) is 0 Å². The second-order valence-corrected chi connectivity index (χ2v) is 4.73. The van der Waals surface area contributed by atoms with E-state index in [9.17, 15) is 0 Å². The molecule has 2 aromatic rings. The van der Waals surface area contributed by atoms with Crippen LogP contribution >= 0.6 is 34.2 Å². The van der Waals surface area contributed by atoms with E-state index < -0.39 is 0 Å². The van der Waals surface area contributed by atoms with Gasteiger partial charge in [-0.1, -0.05) is 29.8 Å². The standard InChI is InChI=1S/C12H8ClIN2/c13-9-4-3-5-10(8-9)15-16-12-7-2-1-6-11(12)14/h1-8H. The molecule has 0 atom stereocenters. The van der Waals surface area contributed by atoms with Crippen LogP contribution in [-0.4, -0.2) is 0 Å². The Morgan fingerprint density at radius 1 is 0.938 bits per heavy atom. The highest BCUT2D eigenvalue weighted by Crippen LogP contribution is 2.24. The van der Waals surface area contributed by atoms with Gasteiger partial charge >= 0.3 is 0 Å². The smallest absolute Gasteiger partial charge is 0.0990 e. The highest BCUT2D eigenvalue weighted by molar-refractivity contribution is 14.1. The first-order valence-corrected chi connectivity index (χ1v) is 6.13. The van der Waals surface area contributed by atoms with Gasteiger partial charge in [-0.2, -0.15) is 5.11 Å². The minimum Gasteiger partial charge on any atom is -0.150 e. The lowest BCUT2D eigenvalue weighted by molar-refractivity contribution is 1.22. The monoisotopic (exact) mass is 342 g/mol. The zero-order valence-corrected chi connectivity index (χ0v) is 11.2. The van der Waals surface area contributed by atoms with E-state index in [1.54, 1.807) is 6.07 Å². The van der Waals surface area contributed by atoms with Gasteiger partial charge in [0.2, 0.25) is 0 Å². The molecule has 0 spiro atoms. The highest BCUT2D eigenvalue weighted by atomic mass is 127. The predicted octanol–water partition coefficient (Wildman–Crippen LogP) is 5.36. The fourth-order valence-corrected chi connectivity index (χ4v) is 1.86. The van der Waals surface area contributed by atoms with Gasteiger partial charge in [0.15, 0.2) is 0 Å². The van der Waals surface area contributed by atoms with Crippen LogP contribution in [0.15, 0.2) is 58.8 Å². The second kappa shape index (κ2) is 5.41. The van der Waals surface area contributed by atoms with Gasteiger partial charge in [0.05, 0.1) is 11.4 Å². The van der Waals surface area contributed by atoms with E-state index in [0.717, 1.165) is 14.9 Å². The van der Waals surface area contributed by atoms with Crippen molar-refractivity contribution in [1.29, 1.82) is 0 Å². The highest BCUT2D eigenvalue weighted by Gasteiger charge is 1.95. The molecule has 0 N–H and O–H groups in total. The van der Waals surface area contributed by atoms with Crippen molar-refractivity contribution in [2.45, 2.75) is 0 Å². The van der Waals surface area contributed by atoms with Crippen molar-refractivity contribution in [1.82, 2.24) is 0 Å². The van der Waals surface area contributed by atoms with Crippen molar-refractivity contribution in [2.24, 2.45) is 10.2 Å². The lowest BCUT2D eigenvalue weighted by Crippen LogP contribution is -1.70. The van der Waals surface area contributed by atoms with Gasteiger partial charge in [0, 0.05) is 8.59 Å². The zero-order valence-electron chi connectivity index (χ0n) is 8.27. The molecule has 0 radical (unpaired) electrons. The van der Waals surface area contributed by atoms with Gasteiger partial charge in [0.1, 0.15) is 0 Å². The van der Waals surface area contributed by atoms with Crippen molar-refractivity contribution in [3.63, 3.8) is 0 Å². The first kappa shape index (κ1) is 11.5. The van der Waals surface area contributed by atoms with E-state index >= 15 is 0 Å². The number of halogens is 2. The molecule has 0 heterocycles. The zero-order chi connectivity index (χ0) is 11.4. The molecule has 2 aromatic carbocycles. The molecule has 0 saturated carbocycles. The van der Waals surface area contributed by atoms with Crippen LogP contribution in [0.5, 0.6) is 0 Å². The minimum atomic E-state index is 0.666. The van der Waals surface area contributed by atoms with Crippen LogP contribution in [0.4, 0.5) is 11.4 Å². The second-order valence-electron chi connectivity index (χ2n) is 3.13. The third-order valence-electron chi connectivity index (χ3n) is 1.93. The van der Waals surface area contributed by atoms with E-state index in [1.807, 2.05) is 42.5 Å². The third-order valence-corrected chi connectivity index (χ3v) is 3.08. The Kier molecular flexibility index (Phi) is 3.90. The molecule has 4 heteroatoms. The van der Waals surface area contributed by atoms with Crippen molar-refractivity contribution in [3.8, 4) is 0 Å². The van der Waals surface area contributed by atoms with Crippen LogP contribution in [0.3, 0.4) is 0 Å².